The van der Waals surface area contributed by atoms with Crippen molar-refractivity contribution in [1.29, 1.82) is 5.26 Å². The van der Waals surface area contributed by atoms with E-state index in [0.29, 0.717) is 17.0 Å². The molecule has 0 aliphatic carbocycles. The number of imidazole rings is 1. The molecule has 0 unspecified atom stereocenters. The Bertz CT molecular complexity index is 756. The van der Waals surface area contributed by atoms with Gasteiger partial charge in [0.25, 0.3) is 0 Å². The molecule has 3 aromatic rings. The minimum Gasteiger partial charge on any atom is -0.288 e. The van der Waals surface area contributed by atoms with Crippen LogP contribution in [-0.2, 0) is 0 Å². The third-order valence-corrected chi connectivity index (χ3v) is 2.60. The van der Waals surface area contributed by atoms with E-state index in [1.54, 1.807) is 18.3 Å². The average Bonchev–Trinajstić information content (AvgIpc) is 2.77. The Kier molecular flexibility index (Phi) is 2.27. The van der Waals surface area contributed by atoms with Gasteiger partial charge in [-0.1, -0.05) is 6.07 Å². The molecule has 3 heterocycles. The van der Waals surface area contributed by atoms with E-state index in [2.05, 4.69) is 9.97 Å². The maximum Gasteiger partial charge on any atom is 0.154 e. The van der Waals surface area contributed by atoms with Crippen molar-refractivity contribution in [2.75, 3.05) is 0 Å². The summed E-state index contributed by atoms with van der Waals surface area (Å²) in [7, 11) is 0. The predicted molar refractivity (Wildman–Crippen MR) is 63.1 cm³/mol. The summed E-state index contributed by atoms with van der Waals surface area (Å²) in [6.07, 6.45) is 2.87. The SMILES string of the molecule is N#Cc1c(-c2ccccn2)nc2ccc(F)cn12. The molecule has 0 N–H and O–H groups in total. The molecule has 0 amide bonds. The molecule has 3 rings (SSSR count). The van der Waals surface area contributed by atoms with Gasteiger partial charge >= 0.3 is 0 Å². The monoisotopic (exact) mass is 238 g/mol. The van der Waals surface area contributed by atoms with E-state index in [1.165, 1.54) is 22.7 Å². The maximum atomic E-state index is 13.2. The van der Waals surface area contributed by atoms with Crippen molar-refractivity contribution in [3.05, 3.63) is 54.2 Å². The van der Waals surface area contributed by atoms with E-state index in [4.69, 9.17) is 0 Å². The molecule has 4 nitrogen and oxygen atoms in total. The van der Waals surface area contributed by atoms with Gasteiger partial charge in [-0.05, 0) is 24.3 Å². The van der Waals surface area contributed by atoms with Crippen LogP contribution in [0.1, 0.15) is 5.69 Å². The Balaban J connectivity index is 2.34. The number of pyridine rings is 2. The molecule has 18 heavy (non-hydrogen) atoms. The molecule has 5 heteroatoms. The second-order valence-corrected chi connectivity index (χ2v) is 3.71. The van der Waals surface area contributed by atoms with Crippen molar-refractivity contribution in [1.82, 2.24) is 14.4 Å². The standard InChI is InChI=1S/C13H7FN4/c14-9-4-5-12-17-13(10-3-1-2-6-16-10)11(7-15)18(12)8-9/h1-6,8H. The molecule has 86 valence electrons. The lowest BCUT2D eigenvalue weighted by Crippen LogP contribution is -1.91. The van der Waals surface area contributed by atoms with Gasteiger partial charge in [-0.3, -0.25) is 9.38 Å². The summed E-state index contributed by atoms with van der Waals surface area (Å²) in [5.41, 5.74) is 1.86. The number of nitriles is 1. The normalized spacial score (nSPS) is 10.4. The molecule has 0 radical (unpaired) electrons. The first-order chi connectivity index (χ1) is 8.79. The highest BCUT2D eigenvalue weighted by molar-refractivity contribution is 5.66. The highest BCUT2D eigenvalue weighted by Gasteiger charge is 2.14. The van der Waals surface area contributed by atoms with Crippen molar-refractivity contribution >= 4 is 5.65 Å². The summed E-state index contributed by atoms with van der Waals surface area (Å²) < 4.78 is 14.6. The highest BCUT2D eigenvalue weighted by atomic mass is 19.1. The molecule has 0 aliphatic heterocycles. The number of hydrogen-bond donors (Lipinski definition) is 0. The van der Waals surface area contributed by atoms with E-state index in [1.807, 2.05) is 12.1 Å². The molecule has 0 saturated heterocycles. The summed E-state index contributed by atoms with van der Waals surface area (Å²) in [5.74, 6) is -0.413. The van der Waals surface area contributed by atoms with Crippen LogP contribution in [0.5, 0.6) is 0 Å². The van der Waals surface area contributed by atoms with Crippen LogP contribution in [0, 0.1) is 17.1 Å². The van der Waals surface area contributed by atoms with Gasteiger partial charge in [0, 0.05) is 12.4 Å². The fourth-order valence-electron chi connectivity index (χ4n) is 1.81. The summed E-state index contributed by atoms with van der Waals surface area (Å²) >= 11 is 0. The zero-order valence-electron chi connectivity index (χ0n) is 9.21. The van der Waals surface area contributed by atoms with Crippen molar-refractivity contribution in [3.63, 3.8) is 0 Å². The van der Waals surface area contributed by atoms with Gasteiger partial charge in [0.1, 0.15) is 23.2 Å². The molecule has 0 atom stereocenters. The fourth-order valence-corrected chi connectivity index (χ4v) is 1.81. The number of halogens is 1. The van der Waals surface area contributed by atoms with Crippen LogP contribution >= 0.6 is 0 Å². The van der Waals surface area contributed by atoms with Gasteiger partial charge in [0.05, 0.1) is 5.69 Å². The van der Waals surface area contributed by atoms with Crippen molar-refractivity contribution in [2.45, 2.75) is 0 Å². The average molecular weight is 238 g/mol. The van der Waals surface area contributed by atoms with Gasteiger partial charge < -0.3 is 0 Å². The summed E-state index contributed by atoms with van der Waals surface area (Å²) in [4.78, 5) is 8.46. The van der Waals surface area contributed by atoms with Crippen molar-refractivity contribution in [2.24, 2.45) is 0 Å². The molecule has 3 aromatic heterocycles. The van der Waals surface area contributed by atoms with E-state index in [9.17, 15) is 9.65 Å². The molecule has 0 aliphatic rings. The minimum atomic E-state index is -0.413. The molecular formula is C13H7FN4. The Labute approximate surface area is 102 Å². The first-order valence-electron chi connectivity index (χ1n) is 5.29. The van der Waals surface area contributed by atoms with Crippen LogP contribution < -0.4 is 0 Å². The maximum absolute atomic E-state index is 13.2. The van der Waals surface area contributed by atoms with Gasteiger partial charge in [-0.2, -0.15) is 5.26 Å². The molecule has 0 saturated carbocycles. The summed E-state index contributed by atoms with van der Waals surface area (Å²) in [6.45, 7) is 0. The zero-order valence-corrected chi connectivity index (χ0v) is 9.21. The lowest BCUT2D eigenvalue weighted by molar-refractivity contribution is 0.619. The second-order valence-electron chi connectivity index (χ2n) is 3.71. The van der Waals surface area contributed by atoms with E-state index >= 15 is 0 Å². The highest BCUT2D eigenvalue weighted by Crippen LogP contribution is 2.22. The minimum absolute atomic E-state index is 0.281. The van der Waals surface area contributed by atoms with Gasteiger partial charge in [-0.15, -0.1) is 0 Å². The van der Waals surface area contributed by atoms with Crippen molar-refractivity contribution < 1.29 is 4.39 Å². The molecule has 0 fully saturated rings. The molecule has 0 aromatic carbocycles. The lowest BCUT2D eigenvalue weighted by Gasteiger charge is -1.96. The molecular weight excluding hydrogens is 231 g/mol. The van der Waals surface area contributed by atoms with E-state index in [0.717, 1.165) is 0 Å². The van der Waals surface area contributed by atoms with Crippen LogP contribution in [0.2, 0.25) is 0 Å². The molecule has 0 spiro atoms. The number of hydrogen-bond acceptors (Lipinski definition) is 3. The number of fused-ring (bicyclic) bond motifs is 1. The Morgan fingerprint density at radius 3 is 2.83 bits per heavy atom. The van der Waals surface area contributed by atoms with Crippen LogP contribution in [-0.4, -0.2) is 14.4 Å². The third kappa shape index (κ3) is 1.52. The fraction of sp³-hybridized carbons (Fsp3) is 0. The Morgan fingerprint density at radius 1 is 1.22 bits per heavy atom. The Morgan fingerprint density at radius 2 is 2.11 bits per heavy atom. The second kappa shape index (κ2) is 3.93. The van der Waals surface area contributed by atoms with Gasteiger partial charge in [-0.25, -0.2) is 9.37 Å². The van der Waals surface area contributed by atoms with Crippen LogP contribution in [0.4, 0.5) is 4.39 Å². The third-order valence-electron chi connectivity index (χ3n) is 2.60. The summed E-state index contributed by atoms with van der Waals surface area (Å²) in [5, 5.41) is 9.20. The quantitative estimate of drug-likeness (QED) is 0.654. The van der Waals surface area contributed by atoms with E-state index in [-0.39, 0.29) is 5.69 Å². The Hall–Kier alpha value is -2.74. The predicted octanol–water partition coefficient (Wildman–Crippen LogP) is 2.41. The first-order valence-corrected chi connectivity index (χ1v) is 5.29. The smallest absolute Gasteiger partial charge is 0.154 e. The summed E-state index contributed by atoms with van der Waals surface area (Å²) in [6, 6.07) is 10.2. The molecule has 0 bridgehead atoms. The zero-order chi connectivity index (χ0) is 12.5. The topological polar surface area (TPSA) is 54.0 Å². The number of aromatic nitrogens is 3. The first kappa shape index (κ1) is 10.4. The van der Waals surface area contributed by atoms with Crippen LogP contribution in [0.3, 0.4) is 0 Å². The van der Waals surface area contributed by atoms with Crippen LogP contribution in [0.25, 0.3) is 17.0 Å². The van der Waals surface area contributed by atoms with Gasteiger partial charge in [0.15, 0.2) is 5.69 Å². The van der Waals surface area contributed by atoms with E-state index < -0.39 is 5.82 Å². The largest absolute Gasteiger partial charge is 0.288 e. The van der Waals surface area contributed by atoms with Gasteiger partial charge in [0.2, 0.25) is 0 Å². The lowest BCUT2D eigenvalue weighted by atomic mass is 10.2. The number of nitrogens with zero attached hydrogens (tertiary/aromatic N) is 4. The number of rotatable bonds is 1. The van der Waals surface area contributed by atoms with Crippen LogP contribution in [0.15, 0.2) is 42.7 Å². The van der Waals surface area contributed by atoms with Crippen molar-refractivity contribution in [3.8, 4) is 17.5 Å².